The molecule has 3 atom stereocenters. The molecule has 2 aliphatic rings. The van der Waals surface area contributed by atoms with Crippen LogP contribution >= 0.6 is 0 Å². The van der Waals surface area contributed by atoms with E-state index in [9.17, 15) is 19.8 Å². The summed E-state index contributed by atoms with van der Waals surface area (Å²) in [6.07, 6.45) is 14.3. The molecule has 2 N–H and O–H groups in total. The van der Waals surface area contributed by atoms with Gasteiger partial charge in [-0.15, -0.1) is 0 Å². The Morgan fingerprint density at radius 1 is 0.977 bits per heavy atom. The number of ether oxygens (including phenoxy) is 1. The van der Waals surface area contributed by atoms with E-state index in [-0.39, 0.29) is 24.1 Å². The smallest absolute Gasteiger partial charge is 0.335 e. The van der Waals surface area contributed by atoms with Crippen LogP contribution in [0.25, 0.3) is 0 Å². The minimum Gasteiger partial charge on any atom is -0.489 e. The third-order valence-corrected chi connectivity index (χ3v) is 8.49. The van der Waals surface area contributed by atoms with Crippen molar-refractivity contribution in [2.45, 2.75) is 105 Å². The Morgan fingerprint density at radius 3 is 2.30 bits per heavy atom. The lowest BCUT2D eigenvalue weighted by Gasteiger charge is -2.43. The fourth-order valence-electron chi connectivity index (χ4n) is 6.50. The number of aromatic carboxylic acids is 1. The van der Waals surface area contributed by atoms with Gasteiger partial charge in [0, 0.05) is 11.1 Å². The number of hydrogen-bond donors (Lipinski definition) is 2. The number of carboxylic acids is 2. The Hall–Kier alpha value is -3.80. The number of hydrogen-bond acceptors (Lipinski definition) is 4. The Balaban J connectivity index is 0.00000162. The van der Waals surface area contributed by atoms with Crippen molar-refractivity contribution in [3.05, 3.63) is 101 Å². The van der Waals surface area contributed by atoms with E-state index in [1.807, 2.05) is 75.1 Å². The molecule has 1 heterocycles. The van der Waals surface area contributed by atoms with Crippen LogP contribution in [0.2, 0.25) is 0 Å². The van der Waals surface area contributed by atoms with Gasteiger partial charge in [-0.1, -0.05) is 123 Å². The number of carbonyl (C=O) groups is 2. The molecule has 0 radical (unpaired) electrons. The second-order valence-corrected chi connectivity index (χ2v) is 11.0. The van der Waals surface area contributed by atoms with Crippen LogP contribution in [0.3, 0.4) is 0 Å². The normalized spacial score (nSPS) is 19.2. The maximum absolute atomic E-state index is 12.2. The van der Waals surface area contributed by atoms with Gasteiger partial charge in [-0.25, -0.2) is 4.79 Å². The van der Waals surface area contributed by atoms with Crippen molar-refractivity contribution in [2.24, 2.45) is 5.92 Å². The molecule has 0 saturated heterocycles. The summed E-state index contributed by atoms with van der Waals surface area (Å²) in [5, 5.41) is 19.7. The molecule has 1 aliphatic carbocycles. The van der Waals surface area contributed by atoms with E-state index in [1.54, 1.807) is 12.1 Å². The topological polar surface area (TPSA) is 87.1 Å². The van der Waals surface area contributed by atoms with E-state index in [4.69, 9.17) is 4.74 Å². The number of fused-ring (bicyclic) bond motifs is 1. The van der Waals surface area contributed by atoms with Gasteiger partial charge in [0.1, 0.15) is 18.9 Å². The van der Waals surface area contributed by atoms with Gasteiger partial charge in [-0.05, 0) is 59.7 Å². The maximum Gasteiger partial charge on any atom is 0.335 e. The largest absolute Gasteiger partial charge is 0.489 e. The lowest BCUT2D eigenvalue weighted by molar-refractivity contribution is -0.135. The molecule has 2 aromatic carbocycles. The number of aliphatic carboxylic acids is 1. The summed E-state index contributed by atoms with van der Waals surface area (Å²) in [6, 6.07) is 15.0. The van der Waals surface area contributed by atoms with Gasteiger partial charge >= 0.3 is 11.9 Å². The molecule has 6 nitrogen and oxygen atoms in total. The van der Waals surface area contributed by atoms with E-state index in [1.165, 1.54) is 0 Å². The zero-order valence-corrected chi connectivity index (χ0v) is 27.8. The highest BCUT2D eigenvalue weighted by molar-refractivity contribution is 5.90. The minimum atomic E-state index is -1.02. The van der Waals surface area contributed by atoms with E-state index in [0.717, 1.165) is 54.6 Å². The van der Waals surface area contributed by atoms with Crippen molar-refractivity contribution in [2.75, 3.05) is 11.4 Å². The van der Waals surface area contributed by atoms with Crippen molar-refractivity contribution in [3.63, 3.8) is 0 Å². The van der Waals surface area contributed by atoms with E-state index in [0.29, 0.717) is 18.7 Å². The molecule has 3 unspecified atom stereocenters. The quantitative estimate of drug-likeness (QED) is 0.222. The first-order valence-corrected chi connectivity index (χ1v) is 16.4. The molecular formula is C38H53NO5. The fourth-order valence-corrected chi connectivity index (χ4v) is 6.50. The fraction of sp³-hybridized carbons (Fsp3) is 0.474. The van der Waals surface area contributed by atoms with Crippen LogP contribution in [0.15, 0.2) is 84.2 Å². The Bertz CT molecular complexity index is 1300. The van der Waals surface area contributed by atoms with E-state index in [2.05, 4.69) is 39.0 Å². The van der Waals surface area contributed by atoms with Gasteiger partial charge in [0.15, 0.2) is 0 Å². The van der Waals surface area contributed by atoms with Crippen molar-refractivity contribution in [1.29, 1.82) is 0 Å². The van der Waals surface area contributed by atoms with Crippen LogP contribution in [-0.2, 0) is 21.6 Å². The first-order chi connectivity index (χ1) is 21.3. The molecular weight excluding hydrogens is 550 g/mol. The predicted molar refractivity (Wildman–Crippen MR) is 181 cm³/mol. The standard InChI is InChI=1S/C34H41NO5.2C2H6/c1-4-6-8-15-27(5-2)34(3)29-20-18-26(33(38)39)21-30(29)35(22-31(36)37)32(34)25-14-11-16-28(19-17-25)40-23-24-12-9-7-10-13-24;2*1-2/h7,9-10,12-14,16-21,27,32H,4-6,8,11,15,22-23H2,1-3H3,(H,36,37)(H,38,39);2*1-2H3. The number of carboxylic acid groups (broad SMARTS) is 2. The number of benzene rings is 2. The summed E-state index contributed by atoms with van der Waals surface area (Å²) in [5.41, 5.74) is 3.61. The molecule has 6 heteroatoms. The van der Waals surface area contributed by atoms with Gasteiger partial charge < -0.3 is 19.8 Å². The monoisotopic (exact) mass is 603 g/mol. The summed E-state index contributed by atoms with van der Waals surface area (Å²) in [7, 11) is 0. The highest BCUT2D eigenvalue weighted by atomic mass is 16.5. The van der Waals surface area contributed by atoms with Crippen LogP contribution < -0.4 is 4.90 Å². The van der Waals surface area contributed by atoms with Crippen LogP contribution in [0.1, 0.15) is 108 Å². The number of unbranched alkanes of at least 4 members (excludes halogenated alkanes) is 2. The Kier molecular flexibility index (Phi) is 15.0. The summed E-state index contributed by atoms with van der Waals surface area (Å²) < 4.78 is 6.11. The minimum absolute atomic E-state index is 0.167. The summed E-state index contributed by atoms with van der Waals surface area (Å²) in [5.74, 6) is -0.892. The molecule has 4 rings (SSSR count). The zero-order chi connectivity index (χ0) is 32.7. The van der Waals surface area contributed by atoms with Gasteiger partial charge in [0.05, 0.1) is 11.6 Å². The van der Waals surface area contributed by atoms with E-state index >= 15 is 0 Å². The molecule has 0 spiro atoms. The zero-order valence-electron chi connectivity index (χ0n) is 27.8. The average molecular weight is 604 g/mol. The van der Waals surface area contributed by atoms with E-state index < -0.39 is 17.4 Å². The molecule has 0 aromatic heterocycles. The third-order valence-electron chi connectivity index (χ3n) is 8.49. The number of anilines is 1. The Morgan fingerprint density at radius 2 is 1.68 bits per heavy atom. The van der Waals surface area contributed by atoms with Crippen molar-refractivity contribution >= 4 is 17.6 Å². The molecule has 2 aromatic rings. The molecule has 0 saturated carbocycles. The third kappa shape index (κ3) is 8.64. The number of nitrogens with zero attached hydrogens (tertiary/aromatic N) is 1. The van der Waals surface area contributed by atoms with Crippen LogP contribution in [0, 0.1) is 5.92 Å². The number of rotatable bonds is 13. The van der Waals surface area contributed by atoms with Gasteiger partial charge in [-0.3, -0.25) is 4.79 Å². The summed E-state index contributed by atoms with van der Waals surface area (Å²) in [4.78, 5) is 26.0. The van der Waals surface area contributed by atoms with Crippen LogP contribution in [-0.4, -0.2) is 34.7 Å². The lowest BCUT2D eigenvalue weighted by atomic mass is 9.64. The SMILES string of the molecule is CC.CC.CCCCCC(CC)C1(C)c2ccc(C(=O)O)cc2N(CC(=O)O)C1C1=CCC=C(OCc2ccccc2)C=C1. The average Bonchev–Trinajstić information content (AvgIpc) is 3.15. The van der Waals surface area contributed by atoms with Gasteiger partial charge in [0.25, 0.3) is 0 Å². The maximum atomic E-state index is 12.2. The van der Waals surface area contributed by atoms with Gasteiger partial charge in [-0.2, -0.15) is 0 Å². The first kappa shape index (κ1) is 36.4. The predicted octanol–water partition coefficient (Wildman–Crippen LogP) is 9.56. The first-order valence-electron chi connectivity index (χ1n) is 16.4. The van der Waals surface area contributed by atoms with Crippen LogP contribution in [0.5, 0.6) is 0 Å². The molecule has 44 heavy (non-hydrogen) atoms. The van der Waals surface area contributed by atoms with Crippen molar-refractivity contribution in [1.82, 2.24) is 0 Å². The highest BCUT2D eigenvalue weighted by Crippen LogP contribution is 2.54. The molecule has 240 valence electrons. The van der Waals surface area contributed by atoms with Crippen molar-refractivity contribution < 1.29 is 24.5 Å². The molecule has 0 bridgehead atoms. The summed E-state index contributed by atoms with van der Waals surface area (Å²) >= 11 is 0. The second kappa shape index (κ2) is 18.1. The van der Waals surface area contributed by atoms with Crippen LogP contribution in [0.4, 0.5) is 5.69 Å². The molecule has 0 fully saturated rings. The number of allylic oxidation sites excluding steroid dienone is 3. The van der Waals surface area contributed by atoms with Crippen molar-refractivity contribution in [3.8, 4) is 0 Å². The molecule has 0 amide bonds. The Labute approximate surface area is 265 Å². The molecule has 1 aliphatic heterocycles. The second-order valence-electron chi connectivity index (χ2n) is 11.0. The summed E-state index contributed by atoms with van der Waals surface area (Å²) in [6.45, 7) is 14.9. The highest BCUT2D eigenvalue weighted by Gasteiger charge is 2.52. The lowest BCUT2D eigenvalue weighted by Crippen LogP contribution is -2.49. The van der Waals surface area contributed by atoms with Gasteiger partial charge in [0.2, 0.25) is 0 Å².